The number of halogens is 1. The highest BCUT2D eigenvalue weighted by Crippen LogP contribution is 2.33. The third kappa shape index (κ3) is 7.35. The molecular formula is C24H38ClN3O2. The van der Waals surface area contributed by atoms with Gasteiger partial charge in [-0.3, -0.25) is 4.79 Å². The largest absolute Gasteiger partial charge is 0.492 e. The van der Waals surface area contributed by atoms with E-state index in [0.717, 1.165) is 11.8 Å². The Morgan fingerprint density at radius 1 is 1.07 bits per heavy atom. The van der Waals surface area contributed by atoms with E-state index >= 15 is 0 Å². The number of rotatable bonds is 6. The molecule has 1 heterocycles. The van der Waals surface area contributed by atoms with Gasteiger partial charge in [-0.25, -0.2) is 0 Å². The first-order chi connectivity index (χ1) is 14.4. The summed E-state index contributed by atoms with van der Waals surface area (Å²) in [5, 5.41) is 0.313. The van der Waals surface area contributed by atoms with Crippen LogP contribution < -0.4 is 16.2 Å². The van der Waals surface area contributed by atoms with Gasteiger partial charge in [0.2, 0.25) is 0 Å². The van der Waals surface area contributed by atoms with Gasteiger partial charge in [0.15, 0.2) is 0 Å². The number of hydrogen-bond donors (Lipinski definition) is 2. The van der Waals surface area contributed by atoms with Gasteiger partial charge in [-0.2, -0.15) is 0 Å². The Morgan fingerprint density at radius 2 is 1.73 bits per heavy atom. The van der Waals surface area contributed by atoms with Crippen molar-refractivity contribution in [3.63, 3.8) is 0 Å². The molecule has 2 saturated carbocycles. The molecule has 1 aliphatic heterocycles. The van der Waals surface area contributed by atoms with Crippen molar-refractivity contribution in [3.05, 3.63) is 22.7 Å². The van der Waals surface area contributed by atoms with Gasteiger partial charge in [0, 0.05) is 12.6 Å². The standard InChI is InChI=1S/C13H25N.C11H13ClN2O2/c1-12-7-9-14(10-8-12)11-13-5-3-2-4-6-13;12-8-3-7(11(14)15)10(4-9(8)13)16-5-6-1-2-6/h12-13H,2-11H2,1H3;3-4,6H,1-2,5,13H2,(H2,14,15). The van der Waals surface area contributed by atoms with E-state index in [4.69, 9.17) is 27.8 Å². The van der Waals surface area contributed by atoms with Gasteiger partial charge < -0.3 is 21.1 Å². The van der Waals surface area contributed by atoms with Crippen molar-refractivity contribution in [1.29, 1.82) is 0 Å². The first-order valence-electron chi connectivity index (χ1n) is 11.7. The summed E-state index contributed by atoms with van der Waals surface area (Å²) in [4.78, 5) is 13.9. The lowest BCUT2D eigenvalue weighted by Crippen LogP contribution is -2.37. The Kier molecular flexibility index (Phi) is 8.70. The summed E-state index contributed by atoms with van der Waals surface area (Å²) >= 11 is 5.82. The van der Waals surface area contributed by atoms with E-state index in [0.29, 0.717) is 29.0 Å². The lowest BCUT2D eigenvalue weighted by atomic mass is 9.88. The molecule has 5 nitrogen and oxygen atoms in total. The van der Waals surface area contributed by atoms with Crippen molar-refractivity contribution >= 4 is 23.2 Å². The van der Waals surface area contributed by atoms with Crippen molar-refractivity contribution in [2.75, 3.05) is 32.0 Å². The van der Waals surface area contributed by atoms with E-state index in [1.807, 2.05) is 0 Å². The minimum atomic E-state index is -0.562. The quantitative estimate of drug-likeness (QED) is 0.608. The maximum Gasteiger partial charge on any atom is 0.252 e. The summed E-state index contributed by atoms with van der Waals surface area (Å²) < 4.78 is 5.52. The van der Waals surface area contributed by atoms with Crippen LogP contribution in [0.4, 0.5) is 5.69 Å². The van der Waals surface area contributed by atoms with Gasteiger partial charge in [0.1, 0.15) is 5.75 Å². The van der Waals surface area contributed by atoms with Gasteiger partial charge in [0.25, 0.3) is 5.91 Å². The number of anilines is 1. The van der Waals surface area contributed by atoms with Gasteiger partial charge >= 0.3 is 0 Å². The van der Waals surface area contributed by atoms with Crippen LogP contribution in [-0.2, 0) is 0 Å². The predicted molar refractivity (Wildman–Crippen MR) is 124 cm³/mol. The lowest BCUT2D eigenvalue weighted by molar-refractivity contribution is 0.0996. The van der Waals surface area contributed by atoms with E-state index in [2.05, 4.69) is 11.8 Å². The molecule has 0 aromatic heterocycles. The Bertz CT molecular complexity index is 694. The topological polar surface area (TPSA) is 81.6 Å². The van der Waals surface area contributed by atoms with Crippen LogP contribution in [0.15, 0.2) is 12.1 Å². The smallest absolute Gasteiger partial charge is 0.252 e. The molecular weight excluding hydrogens is 398 g/mol. The Morgan fingerprint density at radius 3 is 2.33 bits per heavy atom. The SMILES string of the molecule is CC1CCN(CC2CCCCC2)CC1.NC(=O)c1cc(Cl)c(N)cc1OCC1CC1. The maximum absolute atomic E-state index is 11.2. The molecule has 1 aromatic rings. The first kappa shape index (κ1) is 23.2. The summed E-state index contributed by atoms with van der Waals surface area (Å²) in [6.45, 7) is 7.15. The predicted octanol–water partition coefficient (Wildman–Crippen LogP) is 5.11. The van der Waals surface area contributed by atoms with Crippen LogP contribution in [0.1, 0.15) is 75.1 Å². The van der Waals surface area contributed by atoms with Crippen LogP contribution in [0.5, 0.6) is 5.75 Å². The highest BCUT2D eigenvalue weighted by atomic mass is 35.5. The molecule has 4 N–H and O–H groups in total. The van der Waals surface area contributed by atoms with E-state index in [9.17, 15) is 4.79 Å². The molecule has 30 heavy (non-hydrogen) atoms. The van der Waals surface area contributed by atoms with Crippen LogP contribution in [0.2, 0.25) is 5.02 Å². The number of nitrogens with zero attached hydrogens (tertiary/aromatic N) is 1. The molecule has 3 aliphatic rings. The lowest BCUT2D eigenvalue weighted by Gasteiger charge is -2.34. The van der Waals surface area contributed by atoms with Crippen molar-refractivity contribution in [3.8, 4) is 5.75 Å². The van der Waals surface area contributed by atoms with Crippen LogP contribution >= 0.6 is 11.6 Å². The number of hydrogen-bond acceptors (Lipinski definition) is 4. The van der Waals surface area contributed by atoms with Gasteiger partial charge in [0.05, 0.1) is 22.9 Å². The summed E-state index contributed by atoms with van der Waals surface area (Å²) in [6.07, 6.45) is 12.7. The van der Waals surface area contributed by atoms with E-state index < -0.39 is 5.91 Å². The molecule has 0 bridgehead atoms. The number of nitrogens with two attached hydrogens (primary N) is 2. The zero-order valence-corrected chi connectivity index (χ0v) is 19.1. The third-order valence-corrected chi connectivity index (χ3v) is 6.98. The van der Waals surface area contributed by atoms with E-state index in [1.54, 1.807) is 6.07 Å². The minimum absolute atomic E-state index is 0.278. The molecule has 1 amide bonds. The molecule has 1 aromatic carbocycles. The average molecular weight is 436 g/mol. The summed E-state index contributed by atoms with van der Waals surface area (Å²) in [5.74, 6) is 2.47. The molecule has 0 spiro atoms. The van der Waals surface area contributed by atoms with E-state index in [1.165, 1.54) is 83.5 Å². The Labute approximate surface area is 186 Å². The number of ether oxygens (including phenoxy) is 1. The number of carbonyl (C=O) groups is 1. The number of carbonyl (C=O) groups excluding carboxylic acids is 1. The molecule has 3 fully saturated rings. The number of amides is 1. The summed E-state index contributed by atoms with van der Waals surface area (Å²) in [7, 11) is 0. The minimum Gasteiger partial charge on any atom is -0.492 e. The monoisotopic (exact) mass is 435 g/mol. The van der Waals surface area contributed by atoms with Gasteiger partial charge in [-0.15, -0.1) is 0 Å². The number of primary amides is 1. The Hall–Kier alpha value is -1.46. The van der Waals surface area contributed by atoms with Crippen molar-refractivity contribution in [2.24, 2.45) is 23.5 Å². The van der Waals surface area contributed by atoms with Crippen LogP contribution in [0.25, 0.3) is 0 Å². The third-order valence-electron chi connectivity index (χ3n) is 6.65. The molecule has 1 saturated heterocycles. The van der Waals surface area contributed by atoms with Crippen molar-refractivity contribution in [2.45, 2.75) is 64.7 Å². The number of benzene rings is 1. The number of piperidine rings is 1. The molecule has 2 aliphatic carbocycles. The van der Waals surface area contributed by atoms with Crippen molar-refractivity contribution < 1.29 is 9.53 Å². The molecule has 4 rings (SSSR count). The fraction of sp³-hybridized carbons (Fsp3) is 0.708. The molecule has 0 radical (unpaired) electrons. The summed E-state index contributed by atoms with van der Waals surface area (Å²) in [5.41, 5.74) is 11.5. The highest BCUT2D eigenvalue weighted by molar-refractivity contribution is 6.33. The van der Waals surface area contributed by atoms with Gasteiger partial charge in [-0.1, -0.05) is 37.8 Å². The fourth-order valence-electron chi connectivity index (χ4n) is 4.35. The van der Waals surface area contributed by atoms with Crippen molar-refractivity contribution in [1.82, 2.24) is 4.90 Å². The number of likely N-dealkylation sites (tertiary alicyclic amines) is 1. The number of nitrogen functional groups attached to an aromatic ring is 1. The van der Waals surface area contributed by atoms with Gasteiger partial charge in [-0.05, 0) is 75.4 Å². The highest BCUT2D eigenvalue weighted by Gasteiger charge is 2.23. The molecule has 0 unspecified atom stereocenters. The second-order valence-electron chi connectivity index (χ2n) is 9.48. The average Bonchev–Trinajstić information content (AvgIpc) is 3.56. The second kappa shape index (κ2) is 11.2. The fourth-order valence-corrected chi connectivity index (χ4v) is 4.52. The Balaban J connectivity index is 0.000000172. The second-order valence-corrected chi connectivity index (χ2v) is 9.88. The van der Waals surface area contributed by atoms with Crippen LogP contribution in [0, 0.1) is 17.8 Å². The first-order valence-corrected chi connectivity index (χ1v) is 12.0. The van der Waals surface area contributed by atoms with Crippen LogP contribution in [-0.4, -0.2) is 37.0 Å². The zero-order valence-electron chi connectivity index (χ0n) is 18.4. The molecule has 6 heteroatoms. The molecule has 0 atom stereocenters. The summed E-state index contributed by atoms with van der Waals surface area (Å²) in [6, 6.07) is 2.99. The zero-order chi connectivity index (χ0) is 21.5. The molecule has 168 valence electrons. The normalized spacial score (nSPS) is 21.0. The maximum atomic E-state index is 11.2. The van der Waals surface area contributed by atoms with E-state index in [-0.39, 0.29) is 5.56 Å². The van der Waals surface area contributed by atoms with Crippen LogP contribution in [0.3, 0.4) is 0 Å².